The lowest BCUT2D eigenvalue weighted by atomic mass is 9.90. The molecule has 1 amide bonds. The quantitative estimate of drug-likeness (QED) is 0.782. The summed E-state index contributed by atoms with van der Waals surface area (Å²) in [6.07, 6.45) is 0.0440. The lowest BCUT2D eigenvalue weighted by Crippen LogP contribution is -2.39. The van der Waals surface area contributed by atoms with Crippen LogP contribution in [-0.4, -0.2) is 31.2 Å². The normalized spacial score (nSPS) is 23.1. The van der Waals surface area contributed by atoms with E-state index in [9.17, 15) is 9.59 Å². The second-order valence-corrected chi connectivity index (χ2v) is 5.32. The molecule has 21 heavy (non-hydrogen) atoms. The van der Waals surface area contributed by atoms with Crippen LogP contribution in [0.2, 0.25) is 5.02 Å². The number of esters is 1. The Bertz CT molecular complexity index is 673. The minimum atomic E-state index is -1.31. The third-order valence-corrected chi connectivity index (χ3v) is 3.88. The van der Waals surface area contributed by atoms with Gasteiger partial charge in [-0.25, -0.2) is 4.79 Å². The van der Waals surface area contributed by atoms with E-state index in [1.54, 1.807) is 32.2 Å². The second-order valence-electron chi connectivity index (χ2n) is 4.88. The molecule has 0 fully saturated rings. The van der Waals surface area contributed by atoms with Crippen LogP contribution in [0, 0.1) is 0 Å². The average Bonchev–Trinajstić information content (AvgIpc) is 2.99. The smallest absolute Gasteiger partial charge is 0.356 e. The van der Waals surface area contributed by atoms with Gasteiger partial charge < -0.3 is 14.5 Å². The SMILES string of the molecule is CCOC(=O)C1=NOC2(C1)C(=O)N(C)c1ccc(Cl)cc12. The molecule has 3 rings (SSSR count). The molecule has 1 atom stereocenters. The van der Waals surface area contributed by atoms with Gasteiger partial charge in [0.05, 0.1) is 18.7 Å². The molecule has 2 heterocycles. The summed E-state index contributed by atoms with van der Waals surface area (Å²) < 4.78 is 4.90. The predicted molar refractivity (Wildman–Crippen MR) is 76.3 cm³/mol. The highest BCUT2D eigenvalue weighted by molar-refractivity contribution is 6.38. The van der Waals surface area contributed by atoms with Crippen LogP contribution in [0.3, 0.4) is 0 Å². The van der Waals surface area contributed by atoms with Crippen LogP contribution in [0.15, 0.2) is 23.4 Å². The first kappa shape index (κ1) is 13.9. The van der Waals surface area contributed by atoms with Crippen LogP contribution in [0.5, 0.6) is 0 Å². The van der Waals surface area contributed by atoms with Crippen molar-refractivity contribution in [2.45, 2.75) is 18.9 Å². The van der Waals surface area contributed by atoms with Crippen LogP contribution in [0.1, 0.15) is 18.9 Å². The van der Waals surface area contributed by atoms with E-state index in [-0.39, 0.29) is 24.6 Å². The minimum Gasteiger partial charge on any atom is -0.461 e. The van der Waals surface area contributed by atoms with Crippen molar-refractivity contribution in [2.24, 2.45) is 5.16 Å². The molecule has 0 aromatic heterocycles. The van der Waals surface area contributed by atoms with Crippen molar-refractivity contribution < 1.29 is 19.2 Å². The van der Waals surface area contributed by atoms with Crippen molar-refractivity contribution >= 4 is 34.9 Å². The van der Waals surface area contributed by atoms with Crippen molar-refractivity contribution in [1.29, 1.82) is 0 Å². The lowest BCUT2D eigenvalue weighted by molar-refractivity contribution is -0.139. The minimum absolute atomic E-state index is 0.0440. The maximum Gasteiger partial charge on any atom is 0.356 e. The van der Waals surface area contributed by atoms with Crippen molar-refractivity contribution in [2.75, 3.05) is 18.6 Å². The standard InChI is InChI=1S/C14H13ClN2O4/c1-3-20-12(18)10-7-14(21-16-10)9-6-8(15)4-5-11(9)17(2)13(14)19/h4-6H,3,7H2,1-2H3. The van der Waals surface area contributed by atoms with Crippen molar-refractivity contribution in [3.8, 4) is 0 Å². The second kappa shape index (κ2) is 4.73. The van der Waals surface area contributed by atoms with E-state index < -0.39 is 11.6 Å². The van der Waals surface area contributed by atoms with Crippen molar-refractivity contribution in [1.82, 2.24) is 0 Å². The van der Waals surface area contributed by atoms with Gasteiger partial charge >= 0.3 is 5.97 Å². The van der Waals surface area contributed by atoms with Gasteiger partial charge in [-0.1, -0.05) is 16.8 Å². The third-order valence-electron chi connectivity index (χ3n) is 3.64. The Morgan fingerprint density at radius 2 is 2.33 bits per heavy atom. The zero-order valence-corrected chi connectivity index (χ0v) is 12.3. The summed E-state index contributed by atoms with van der Waals surface area (Å²) in [6, 6.07) is 5.11. The summed E-state index contributed by atoms with van der Waals surface area (Å²) in [5, 5.41) is 4.24. The van der Waals surface area contributed by atoms with Crippen LogP contribution in [-0.2, 0) is 24.8 Å². The van der Waals surface area contributed by atoms with E-state index in [1.807, 2.05) is 0 Å². The maximum absolute atomic E-state index is 12.6. The van der Waals surface area contributed by atoms with E-state index in [4.69, 9.17) is 21.2 Å². The van der Waals surface area contributed by atoms with E-state index in [0.29, 0.717) is 16.3 Å². The van der Waals surface area contributed by atoms with Crippen molar-refractivity contribution in [3.05, 3.63) is 28.8 Å². The lowest BCUT2D eigenvalue weighted by Gasteiger charge is -2.19. The highest BCUT2D eigenvalue weighted by atomic mass is 35.5. The van der Waals surface area contributed by atoms with Gasteiger partial charge in [-0.2, -0.15) is 0 Å². The number of anilines is 1. The third kappa shape index (κ3) is 1.90. The first-order chi connectivity index (χ1) is 9.99. The number of rotatable bonds is 2. The van der Waals surface area contributed by atoms with E-state index >= 15 is 0 Å². The molecule has 1 aromatic rings. The molecule has 0 saturated carbocycles. The Balaban J connectivity index is 2.00. The number of carbonyl (C=O) groups excluding carboxylic acids is 2. The molecule has 1 spiro atoms. The number of hydrogen-bond acceptors (Lipinski definition) is 5. The molecule has 0 aliphatic carbocycles. The zero-order valence-electron chi connectivity index (χ0n) is 11.6. The van der Waals surface area contributed by atoms with Gasteiger partial charge in [-0.15, -0.1) is 0 Å². The number of nitrogens with zero attached hydrogens (tertiary/aromatic N) is 2. The summed E-state index contributed by atoms with van der Waals surface area (Å²) in [4.78, 5) is 31.2. The Hall–Kier alpha value is -2.08. The number of amides is 1. The van der Waals surface area contributed by atoms with Gasteiger partial charge in [0.25, 0.3) is 5.91 Å². The van der Waals surface area contributed by atoms with Crippen LogP contribution < -0.4 is 4.90 Å². The molecule has 0 radical (unpaired) electrons. The molecule has 2 aliphatic heterocycles. The fourth-order valence-corrected chi connectivity index (χ4v) is 2.81. The topological polar surface area (TPSA) is 68.2 Å². The number of benzene rings is 1. The summed E-state index contributed by atoms with van der Waals surface area (Å²) in [5.74, 6) is -0.844. The highest BCUT2D eigenvalue weighted by Crippen LogP contribution is 2.47. The van der Waals surface area contributed by atoms with E-state index in [1.165, 1.54) is 4.90 Å². The summed E-state index contributed by atoms with van der Waals surface area (Å²) in [6.45, 7) is 1.94. The fraction of sp³-hybridized carbons (Fsp3) is 0.357. The Morgan fingerprint density at radius 3 is 3.05 bits per heavy atom. The monoisotopic (exact) mass is 308 g/mol. The van der Waals surface area contributed by atoms with Gasteiger partial charge in [0, 0.05) is 17.6 Å². The number of fused-ring (bicyclic) bond motifs is 2. The van der Waals surface area contributed by atoms with E-state index in [2.05, 4.69) is 5.16 Å². The average molecular weight is 309 g/mol. The molecule has 0 bridgehead atoms. The van der Waals surface area contributed by atoms with Gasteiger partial charge in [0.15, 0.2) is 5.71 Å². The molecule has 0 N–H and O–H groups in total. The zero-order chi connectivity index (χ0) is 15.2. The Morgan fingerprint density at radius 1 is 1.57 bits per heavy atom. The fourth-order valence-electron chi connectivity index (χ4n) is 2.64. The molecule has 7 heteroatoms. The molecule has 0 saturated heterocycles. The van der Waals surface area contributed by atoms with Crippen LogP contribution >= 0.6 is 11.6 Å². The summed E-state index contributed by atoms with van der Waals surface area (Å²) >= 11 is 6.01. The Kier molecular flexibility index (Phi) is 3.13. The number of oxime groups is 1. The van der Waals surface area contributed by atoms with Crippen molar-refractivity contribution in [3.63, 3.8) is 0 Å². The summed E-state index contributed by atoms with van der Waals surface area (Å²) in [5.41, 5.74) is 0.110. The number of ether oxygens (including phenoxy) is 1. The first-order valence-corrected chi connectivity index (χ1v) is 6.87. The predicted octanol–water partition coefficient (Wildman–Crippen LogP) is 1.85. The van der Waals surface area contributed by atoms with Crippen LogP contribution in [0.25, 0.3) is 0 Å². The molecule has 1 aromatic carbocycles. The number of hydrogen-bond donors (Lipinski definition) is 0. The molecule has 2 aliphatic rings. The summed E-state index contributed by atoms with van der Waals surface area (Å²) in [7, 11) is 1.65. The molecular formula is C14H13ClN2O4. The highest BCUT2D eigenvalue weighted by Gasteiger charge is 2.57. The molecular weight excluding hydrogens is 296 g/mol. The van der Waals surface area contributed by atoms with Gasteiger partial charge in [0.1, 0.15) is 0 Å². The number of carbonyl (C=O) groups is 2. The number of likely N-dealkylation sites (N-methyl/N-ethyl adjacent to an activating group) is 1. The largest absolute Gasteiger partial charge is 0.461 e. The first-order valence-electron chi connectivity index (χ1n) is 6.50. The van der Waals surface area contributed by atoms with Gasteiger partial charge in [-0.3, -0.25) is 4.79 Å². The molecule has 110 valence electrons. The maximum atomic E-state index is 12.6. The number of halogens is 1. The van der Waals surface area contributed by atoms with Crippen LogP contribution in [0.4, 0.5) is 5.69 Å². The van der Waals surface area contributed by atoms with Gasteiger partial charge in [0.2, 0.25) is 5.60 Å². The van der Waals surface area contributed by atoms with E-state index in [0.717, 1.165) is 0 Å². The molecule has 6 nitrogen and oxygen atoms in total. The Labute approximate surface area is 126 Å². The van der Waals surface area contributed by atoms with Gasteiger partial charge in [-0.05, 0) is 25.1 Å². The molecule has 1 unspecified atom stereocenters.